The van der Waals surface area contributed by atoms with Gasteiger partial charge in [-0.3, -0.25) is 0 Å². The minimum absolute atomic E-state index is 0.561. The molecule has 0 saturated carbocycles. The molecule has 0 aromatic heterocycles. The minimum atomic E-state index is -4.98. The molecule has 0 amide bonds. The summed E-state index contributed by atoms with van der Waals surface area (Å²) >= 11 is 0. The summed E-state index contributed by atoms with van der Waals surface area (Å²) in [5, 5.41) is 0. The first kappa shape index (κ1) is 11.1. The first-order valence-corrected chi connectivity index (χ1v) is 3.06. The summed E-state index contributed by atoms with van der Waals surface area (Å²) < 4.78 is 60.1. The zero-order valence-corrected chi connectivity index (χ0v) is 6.47. The Kier molecular flexibility index (Phi) is 3.42. The van der Waals surface area contributed by atoms with Crippen molar-refractivity contribution in [1.29, 1.82) is 0 Å². The van der Waals surface area contributed by atoms with Gasteiger partial charge >= 0.3 is 6.18 Å². The third-order valence-corrected chi connectivity index (χ3v) is 1.12. The fraction of sp³-hybridized carbons (Fsp3) is 0.429. The molecule has 0 aliphatic heterocycles. The van der Waals surface area contributed by atoms with Crippen LogP contribution in [-0.2, 0) is 0 Å². The van der Waals surface area contributed by atoms with E-state index >= 15 is 0 Å². The highest BCUT2D eigenvalue weighted by molar-refractivity contribution is 5.31. The Hall–Kier alpha value is -0.870. The van der Waals surface area contributed by atoms with Crippen LogP contribution in [0, 0.1) is 0 Å². The number of halogens is 5. The molecule has 0 bridgehead atoms. The van der Waals surface area contributed by atoms with E-state index in [0.717, 1.165) is 6.92 Å². The van der Waals surface area contributed by atoms with Gasteiger partial charge in [-0.15, -0.1) is 0 Å². The van der Waals surface area contributed by atoms with E-state index in [1.807, 2.05) is 0 Å². The summed E-state index contributed by atoms with van der Waals surface area (Å²) in [7, 11) is 0. The first-order chi connectivity index (χ1) is 5.30. The second kappa shape index (κ2) is 3.69. The standard InChI is InChI=1S/C7H7F5/c1-3-5(9)6(4(2)8)7(10,11)12/h3H,1-2H3. The highest BCUT2D eigenvalue weighted by Gasteiger charge is 2.38. The fourth-order valence-electron chi connectivity index (χ4n) is 0.640. The molecule has 0 saturated heterocycles. The molecule has 0 spiro atoms. The van der Waals surface area contributed by atoms with Gasteiger partial charge in [0.25, 0.3) is 0 Å². The van der Waals surface area contributed by atoms with Crippen molar-refractivity contribution < 1.29 is 22.0 Å². The quantitative estimate of drug-likeness (QED) is 0.433. The molecule has 0 fully saturated rings. The second-order valence-electron chi connectivity index (χ2n) is 2.04. The molecule has 0 rings (SSSR count). The summed E-state index contributed by atoms with van der Waals surface area (Å²) in [6.07, 6.45) is -4.42. The van der Waals surface area contributed by atoms with Crippen LogP contribution in [0.15, 0.2) is 23.3 Å². The van der Waals surface area contributed by atoms with Gasteiger partial charge in [0.15, 0.2) is 0 Å². The van der Waals surface area contributed by atoms with Crippen LogP contribution in [-0.4, -0.2) is 6.18 Å². The van der Waals surface area contributed by atoms with E-state index in [1.54, 1.807) is 0 Å². The van der Waals surface area contributed by atoms with E-state index in [2.05, 4.69) is 0 Å². The van der Waals surface area contributed by atoms with E-state index in [4.69, 9.17) is 0 Å². The van der Waals surface area contributed by atoms with Crippen LogP contribution in [0.4, 0.5) is 22.0 Å². The Morgan fingerprint density at radius 1 is 1.17 bits per heavy atom. The third kappa shape index (κ3) is 2.64. The fourth-order valence-corrected chi connectivity index (χ4v) is 0.640. The van der Waals surface area contributed by atoms with Gasteiger partial charge in [0, 0.05) is 0 Å². The topological polar surface area (TPSA) is 0 Å². The predicted octanol–water partition coefficient (Wildman–Crippen LogP) is 3.67. The first-order valence-electron chi connectivity index (χ1n) is 3.06. The Bertz CT molecular complexity index is 216. The van der Waals surface area contributed by atoms with Crippen molar-refractivity contribution in [2.75, 3.05) is 0 Å². The minimum Gasteiger partial charge on any atom is -0.211 e. The zero-order valence-electron chi connectivity index (χ0n) is 6.47. The third-order valence-electron chi connectivity index (χ3n) is 1.12. The van der Waals surface area contributed by atoms with E-state index in [-0.39, 0.29) is 0 Å². The Morgan fingerprint density at radius 2 is 1.58 bits per heavy atom. The van der Waals surface area contributed by atoms with E-state index < -0.39 is 23.4 Å². The van der Waals surface area contributed by atoms with Gasteiger partial charge in [-0.05, 0) is 13.8 Å². The zero-order chi connectivity index (χ0) is 9.94. The molecule has 0 atom stereocenters. The summed E-state index contributed by atoms with van der Waals surface area (Å²) in [6, 6.07) is 0. The Balaban J connectivity index is 5.12. The normalized spacial score (nSPS) is 16.1. The number of rotatable bonds is 1. The molecule has 12 heavy (non-hydrogen) atoms. The van der Waals surface area contributed by atoms with Crippen molar-refractivity contribution in [2.24, 2.45) is 0 Å². The summed E-state index contributed by atoms with van der Waals surface area (Å²) in [5.74, 6) is -3.17. The number of allylic oxidation sites excluding steroid dienone is 4. The lowest BCUT2D eigenvalue weighted by atomic mass is 10.2. The lowest BCUT2D eigenvalue weighted by molar-refractivity contribution is -0.0929. The van der Waals surface area contributed by atoms with Crippen molar-refractivity contribution >= 4 is 0 Å². The highest BCUT2D eigenvalue weighted by atomic mass is 19.4. The number of hydrogen-bond acceptors (Lipinski definition) is 0. The number of hydrogen-bond donors (Lipinski definition) is 0. The van der Waals surface area contributed by atoms with Crippen molar-refractivity contribution in [1.82, 2.24) is 0 Å². The Labute approximate surface area is 66.4 Å². The molecule has 0 aliphatic carbocycles. The van der Waals surface area contributed by atoms with Crippen molar-refractivity contribution in [3.05, 3.63) is 23.3 Å². The van der Waals surface area contributed by atoms with Crippen molar-refractivity contribution in [2.45, 2.75) is 20.0 Å². The predicted molar refractivity (Wildman–Crippen MR) is 34.7 cm³/mol. The van der Waals surface area contributed by atoms with E-state index in [9.17, 15) is 22.0 Å². The monoisotopic (exact) mass is 186 g/mol. The van der Waals surface area contributed by atoms with Crippen LogP contribution >= 0.6 is 0 Å². The molecule has 70 valence electrons. The molecule has 0 aromatic carbocycles. The van der Waals surface area contributed by atoms with Crippen LogP contribution in [0.3, 0.4) is 0 Å². The van der Waals surface area contributed by atoms with Gasteiger partial charge < -0.3 is 0 Å². The highest BCUT2D eigenvalue weighted by Crippen LogP contribution is 2.34. The Morgan fingerprint density at radius 3 is 1.67 bits per heavy atom. The largest absolute Gasteiger partial charge is 0.421 e. The SMILES string of the molecule is CC=C(F)C(=C(C)F)C(F)(F)F. The van der Waals surface area contributed by atoms with Gasteiger partial charge in [-0.25, -0.2) is 8.78 Å². The maximum atomic E-state index is 12.4. The average Bonchev–Trinajstić information content (AvgIpc) is 1.83. The van der Waals surface area contributed by atoms with Crippen molar-refractivity contribution in [3.8, 4) is 0 Å². The lowest BCUT2D eigenvalue weighted by Crippen LogP contribution is -2.13. The molecule has 0 aromatic rings. The molecule has 5 heteroatoms. The number of alkyl halides is 3. The van der Waals surface area contributed by atoms with Crippen LogP contribution in [0.1, 0.15) is 13.8 Å². The lowest BCUT2D eigenvalue weighted by Gasteiger charge is -2.09. The van der Waals surface area contributed by atoms with E-state index in [0.29, 0.717) is 13.0 Å². The van der Waals surface area contributed by atoms with Gasteiger partial charge in [-0.1, -0.05) is 6.08 Å². The molecular formula is C7H7F5. The molecule has 0 radical (unpaired) electrons. The molecule has 0 nitrogen and oxygen atoms in total. The second-order valence-corrected chi connectivity index (χ2v) is 2.04. The summed E-state index contributed by atoms with van der Waals surface area (Å²) in [6.45, 7) is 1.62. The van der Waals surface area contributed by atoms with Gasteiger partial charge in [0.05, 0.1) is 0 Å². The van der Waals surface area contributed by atoms with E-state index in [1.165, 1.54) is 0 Å². The smallest absolute Gasteiger partial charge is 0.211 e. The maximum absolute atomic E-state index is 12.4. The summed E-state index contributed by atoms with van der Waals surface area (Å²) in [4.78, 5) is 0. The van der Waals surface area contributed by atoms with Crippen molar-refractivity contribution in [3.63, 3.8) is 0 Å². The summed E-state index contributed by atoms with van der Waals surface area (Å²) in [5.41, 5.74) is -1.84. The molecular weight excluding hydrogens is 179 g/mol. The van der Waals surface area contributed by atoms with Gasteiger partial charge in [-0.2, -0.15) is 13.2 Å². The van der Waals surface area contributed by atoms with Gasteiger partial charge in [0.2, 0.25) is 0 Å². The van der Waals surface area contributed by atoms with Crippen LogP contribution in [0.5, 0.6) is 0 Å². The average molecular weight is 186 g/mol. The maximum Gasteiger partial charge on any atom is 0.421 e. The molecule has 0 aliphatic rings. The molecule has 0 unspecified atom stereocenters. The van der Waals surface area contributed by atoms with Crippen LogP contribution in [0.2, 0.25) is 0 Å². The molecule has 0 N–H and O–H groups in total. The van der Waals surface area contributed by atoms with Crippen LogP contribution in [0.25, 0.3) is 0 Å². The van der Waals surface area contributed by atoms with Gasteiger partial charge in [0.1, 0.15) is 17.2 Å². The van der Waals surface area contributed by atoms with Crippen LogP contribution < -0.4 is 0 Å². The molecule has 0 heterocycles.